The molecule has 1 saturated heterocycles. The van der Waals surface area contributed by atoms with Crippen molar-refractivity contribution in [1.82, 2.24) is 4.90 Å². The molecule has 0 spiro atoms. The number of hydrogen-bond acceptors (Lipinski definition) is 4. The highest BCUT2D eigenvalue weighted by molar-refractivity contribution is 5.44. The summed E-state index contributed by atoms with van der Waals surface area (Å²) in [6.07, 6.45) is 6.36. The second-order valence-electron chi connectivity index (χ2n) is 6.17. The number of furan rings is 1. The zero-order valence-electron chi connectivity index (χ0n) is 13.4. The number of hydrogen-bond donors (Lipinski definition) is 0. The lowest BCUT2D eigenvalue weighted by molar-refractivity contribution is -0.385. The highest BCUT2D eigenvalue weighted by Crippen LogP contribution is 2.33. The van der Waals surface area contributed by atoms with Crippen LogP contribution in [0.25, 0.3) is 0 Å². The molecule has 1 aromatic heterocycles. The Labute approximate surface area is 136 Å². The zero-order valence-corrected chi connectivity index (χ0v) is 13.4. The number of benzene rings is 1. The molecule has 0 bridgehead atoms. The first kappa shape index (κ1) is 15.7. The average Bonchev–Trinajstić information content (AvgIpc) is 2.96. The van der Waals surface area contributed by atoms with Crippen molar-refractivity contribution in [2.24, 2.45) is 0 Å². The fraction of sp³-hybridized carbons (Fsp3) is 0.444. The standard InChI is InChI=1S/C18H22N2O3/c1-14-15(7-5-9-16(14)20(21)22)13-19-11-4-2-3-8-17(19)18-10-6-12-23-18/h5-7,9-10,12,17H,2-4,8,11,13H2,1H3. The van der Waals surface area contributed by atoms with Gasteiger partial charge in [0.05, 0.1) is 17.2 Å². The fourth-order valence-electron chi connectivity index (χ4n) is 3.42. The molecule has 5 heteroatoms. The smallest absolute Gasteiger partial charge is 0.272 e. The van der Waals surface area contributed by atoms with Crippen molar-refractivity contribution in [3.63, 3.8) is 0 Å². The van der Waals surface area contributed by atoms with Gasteiger partial charge in [-0.25, -0.2) is 0 Å². The Kier molecular flexibility index (Phi) is 4.76. The van der Waals surface area contributed by atoms with Crippen LogP contribution in [0.4, 0.5) is 5.69 Å². The first-order valence-corrected chi connectivity index (χ1v) is 8.17. The Morgan fingerprint density at radius 1 is 1.26 bits per heavy atom. The first-order chi connectivity index (χ1) is 11.2. The molecule has 1 aliphatic rings. The molecule has 23 heavy (non-hydrogen) atoms. The summed E-state index contributed by atoms with van der Waals surface area (Å²) in [6.45, 7) is 3.56. The van der Waals surface area contributed by atoms with E-state index in [1.165, 1.54) is 12.8 Å². The zero-order chi connectivity index (χ0) is 16.2. The van der Waals surface area contributed by atoms with E-state index in [0.717, 1.165) is 42.8 Å². The second kappa shape index (κ2) is 6.96. The van der Waals surface area contributed by atoms with Crippen LogP contribution < -0.4 is 0 Å². The third-order valence-corrected chi connectivity index (χ3v) is 4.72. The lowest BCUT2D eigenvalue weighted by atomic mass is 10.0. The van der Waals surface area contributed by atoms with E-state index in [1.807, 2.05) is 25.1 Å². The highest BCUT2D eigenvalue weighted by Gasteiger charge is 2.26. The molecule has 0 N–H and O–H groups in total. The van der Waals surface area contributed by atoms with Crippen molar-refractivity contribution in [1.29, 1.82) is 0 Å². The Bertz CT molecular complexity index is 667. The van der Waals surface area contributed by atoms with E-state index in [-0.39, 0.29) is 16.7 Å². The Balaban J connectivity index is 1.87. The monoisotopic (exact) mass is 314 g/mol. The van der Waals surface area contributed by atoms with Gasteiger partial charge in [-0.3, -0.25) is 15.0 Å². The summed E-state index contributed by atoms with van der Waals surface area (Å²) < 4.78 is 5.64. The van der Waals surface area contributed by atoms with Gasteiger partial charge in [-0.15, -0.1) is 0 Å². The first-order valence-electron chi connectivity index (χ1n) is 8.17. The Hall–Kier alpha value is -2.14. The quantitative estimate of drug-likeness (QED) is 0.610. The van der Waals surface area contributed by atoms with E-state index in [9.17, 15) is 10.1 Å². The molecule has 5 nitrogen and oxygen atoms in total. The van der Waals surface area contributed by atoms with E-state index in [2.05, 4.69) is 4.90 Å². The van der Waals surface area contributed by atoms with Crippen LogP contribution in [-0.2, 0) is 6.54 Å². The van der Waals surface area contributed by atoms with E-state index >= 15 is 0 Å². The molecule has 1 unspecified atom stereocenters. The summed E-state index contributed by atoms with van der Waals surface area (Å²) in [7, 11) is 0. The average molecular weight is 314 g/mol. The highest BCUT2D eigenvalue weighted by atomic mass is 16.6. The molecule has 2 aromatic rings. The van der Waals surface area contributed by atoms with Crippen molar-refractivity contribution >= 4 is 5.69 Å². The molecule has 1 fully saturated rings. The molecule has 1 aliphatic heterocycles. The van der Waals surface area contributed by atoms with Crippen LogP contribution in [0, 0.1) is 17.0 Å². The number of nitrogens with zero attached hydrogens (tertiary/aromatic N) is 2. The molecule has 122 valence electrons. The van der Waals surface area contributed by atoms with Crippen LogP contribution in [0.2, 0.25) is 0 Å². The number of nitro benzene ring substituents is 1. The van der Waals surface area contributed by atoms with Gasteiger partial charge in [0.2, 0.25) is 0 Å². The maximum atomic E-state index is 11.1. The molecule has 0 amide bonds. The molecule has 3 rings (SSSR count). The Morgan fingerprint density at radius 3 is 2.87 bits per heavy atom. The van der Waals surface area contributed by atoms with Crippen molar-refractivity contribution in [3.8, 4) is 0 Å². The summed E-state index contributed by atoms with van der Waals surface area (Å²) in [5.74, 6) is 0.995. The summed E-state index contributed by atoms with van der Waals surface area (Å²) in [6, 6.07) is 9.56. The minimum Gasteiger partial charge on any atom is -0.468 e. The summed E-state index contributed by atoms with van der Waals surface area (Å²) in [5.41, 5.74) is 1.99. The predicted molar refractivity (Wildman–Crippen MR) is 88.2 cm³/mol. The molecular formula is C18H22N2O3. The van der Waals surface area contributed by atoms with E-state index < -0.39 is 0 Å². The molecular weight excluding hydrogens is 292 g/mol. The van der Waals surface area contributed by atoms with Crippen molar-refractivity contribution < 1.29 is 9.34 Å². The normalized spacial score (nSPS) is 19.4. The molecule has 0 aliphatic carbocycles. The van der Waals surface area contributed by atoms with Gasteiger partial charge in [-0.05, 0) is 44.0 Å². The third-order valence-electron chi connectivity index (χ3n) is 4.72. The molecule has 1 atom stereocenters. The SMILES string of the molecule is Cc1c(CN2CCCCCC2c2ccco2)cccc1[N+](=O)[O-]. The summed E-state index contributed by atoms with van der Waals surface area (Å²) in [4.78, 5) is 13.2. The number of rotatable bonds is 4. The second-order valence-corrected chi connectivity index (χ2v) is 6.17. The minimum atomic E-state index is -0.300. The molecule has 0 saturated carbocycles. The summed E-state index contributed by atoms with van der Waals surface area (Å²) in [5, 5.41) is 11.1. The van der Waals surface area contributed by atoms with E-state index in [0.29, 0.717) is 0 Å². The lowest BCUT2D eigenvalue weighted by Gasteiger charge is -2.29. The molecule has 0 radical (unpaired) electrons. The van der Waals surface area contributed by atoms with Gasteiger partial charge in [-0.2, -0.15) is 0 Å². The fourth-order valence-corrected chi connectivity index (χ4v) is 3.42. The number of likely N-dealkylation sites (tertiary alicyclic amines) is 1. The van der Waals surface area contributed by atoms with Crippen LogP contribution in [0.3, 0.4) is 0 Å². The lowest BCUT2D eigenvalue weighted by Crippen LogP contribution is -2.28. The van der Waals surface area contributed by atoms with Crippen LogP contribution in [-0.4, -0.2) is 16.4 Å². The van der Waals surface area contributed by atoms with Crippen molar-refractivity contribution in [3.05, 3.63) is 63.6 Å². The van der Waals surface area contributed by atoms with Gasteiger partial charge < -0.3 is 4.42 Å². The van der Waals surface area contributed by atoms with Gasteiger partial charge in [0.25, 0.3) is 5.69 Å². The van der Waals surface area contributed by atoms with Gasteiger partial charge in [0, 0.05) is 18.2 Å². The Morgan fingerprint density at radius 2 is 2.13 bits per heavy atom. The van der Waals surface area contributed by atoms with Gasteiger partial charge >= 0.3 is 0 Å². The van der Waals surface area contributed by atoms with Crippen molar-refractivity contribution in [2.45, 2.75) is 45.2 Å². The van der Waals surface area contributed by atoms with E-state index in [4.69, 9.17) is 4.42 Å². The van der Waals surface area contributed by atoms with Gasteiger partial charge in [0.15, 0.2) is 0 Å². The van der Waals surface area contributed by atoms with Crippen LogP contribution in [0.5, 0.6) is 0 Å². The minimum absolute atomic E-state index is 0.201. The maximum absolute atomic E-state index is 11.1. The third kappa shape index (κ3) is 3.45. The van der Waals surface area contributed by atoms with Crippen LogP contribution in [0.15, 0.2) is 41.0 Å². The van der Waals surface area contributed by atoms with Crippen molar-refractivity contribution in [2.75, 3.05) is 6.54 Å². The van der Waals surface area contributed by atoms with Gasteiger partial charge in [-0.1, -0.05) is 25.0 Å². The van der Waals surface area contributed by atoms with E-state index in [1.54, 1.807) is 18.4 Å². The molecule has 1 aromatic carbocycles. The largest absolute Gasteiger partial charge is 0.468 e. The number of nitro groups is 1. The topological polar surface area (TPSA) is 59.5 Å². The van der Waals surface area contributed by atoms with Gasteiger partial charge in [0.1, 0.15) is 5.76 Å². The van der Waals surface area contributed by atoms with Crippen LogP contribution >= 0.6 is 0 Å². The summed E-state index contributed by atoms with van der Waals surface area (Å²) >= 11 is 0. The molecule has 2 heterocycles. The van der Waals surface area contributed by atoms with Crippen LogP contribution in [0.1, 0.15) is 48.6 Å². The predicted octanol–water partition coefficient (Wildman–Crippen LogP) is 4.61. The maximum Gasteiger partial charge on any atom is 0.272 e.